The summed E-state index contributed by atoms with van der Waals surface area (Å²) in [5.41, 5.74) is 1.89. The second-order valence-electron chi connectivity index (χ2n) is 14.2. The van der Waals surface area contributed by atoms with Gasteiger partial charge in [0.15, 0.2) is 0 Å². The molecule has 7 rings (SSSR count). The number of rotatable bonds is 9. The highest BCUT2D eigenvalue weighted by molar-refractivity contribution is 5.92. The monoisotopic (exact) mass is 600 g/mol. The van der Waals surface area contributed by atoms with Gasteiger partial charge in [-0.05, 0) is 106 Å². The molecule has 4 aliphatic carbocycles. The molecular formula is C35H44N4O5. The number of aromatic nitrogens is 1. The lowest BCUT2D eigenvalue weighted by molar-refractivity contribution is -0.132. The lowest BCUT2D eigenvalue weighted by atomic mass is 9.54. The van der Waals surface area contributed by atoms with Gasteiger partial charge in [-0.1, -0.05) is 30.3 Å². The molecule has 4 aliphatic rings. The maximum absolute atomic E-state index is 14.1. The summed E-state index contributed by atoms with van der Waals surface area (Å²) in [4.78, 5) is 44.1. The molecular weight excluding hydrogens is 556 g/mol. The number of alkyl carbamates (subject to hydrolysis) is 1. The van der Waals surface area contributed by atoms with Gasteiger partial charge in [0.25, 0.3) is 0 Å². The van der Waals surface area contributed by atoms with Crippen LogP contribution in [-0.2, 0) is 27.2 Å². The van der Waals surface area contributed by atoms with Crippen LogP contribution in [0, 0.1) is 23.7 Å². The third-order valence-corrected chi connectivity index (χ3v) is 9.65. The lowest BCUT2D eigenvalue weighted by Crippen LogP contribution is -2.60. The zero-order valence-corrected chi connectivity index (χ0v) is 25.8. The molecule has 3 amide bonds. The number of hydrogen-bond acceptors (Lipinski definition) is 5. The Morgan fingerprint density at radius 1 is 0.864 bits per heavy atom. The van der Waals surface area contributed by atoms with Crippen LogP contribution in [0.25, 0.3) is 10.9 Å². The number of para-hydroxylation sites is 1. The van der Waals surface area contributed by atoms with Crippen molar-refractivity contribution in [2.75, 3.05) is 0 Å². The van der Waals surface area contributed by atoms with Crippen molar-refractivity contribution < 1.29 is 24.2 Å². The van der Waals surface area contributed by atoms with Gasteiger partial charge in [-0.2, -0.15) is 0 Å². The standard InChI is InChI=1S/C35H44N4O5/c1-35(2,3)44-34(43)38-29(17-20-8-10-26(40)11-9-20)32(41)37-30(18-25-19-36-28-7-5-4-6-27(25)28)33(42)39-31-23-13-21-12-22(15-23)16-24(31)14-21/h4-11,19,21-24,29-31,36,40H,12-18H2,1-3H3,(H,37,41)(H,38,43)(H,39,42)/t21?,22?,23?,24?,29-,30+,31?/m0/s1. The van der Waals surface area contributed by atoms with E-state index in [9.17, 15) is 19.5 Å². The third kappa shape index (κ3) is 6.87. The van der Waals surface area contributed by atoms with Crippen molar-refractivity contribution in [3.05, 3.63) is 65.9 Å². The Kier molecular flexibility index (Phi) is 8.31. The molecule has 1 aromatic heterocycles. The first kappa shape index (κ1) is 30.0. The predicted molar refractivity (Wildman–Crippen MR) is 168 cm³/mol. The summed E-state index contributed by atoms with van der Waals surface area (Å²) < 4.78 is 5.46. The molecule has 3 aromatic rings. The summed E-state index contributed by atoms with van der Waals surface area (Å²) in [5, 5.41) is 19.9. The minimum Gasteiger partial charge on any atom is -0.508 e. The zero-order chi connectivity index (χ0) is 31.0. The molecule has 5 N–H and O–H groups in total. The van der Waals surface area contributed by atoms with Crippen LogP contribution in [0.1, 0.15) is 64.0 Å². The molecule has 9 nitrogen and oxygen atoms in total. The van der Waals surface area contributed by atoms with Crippen molar-refractivity contribution in [3.8, 4) is 5.75 Å². The van der Waals surface area contributed by atoms with Gasteiger partial charge in [-0.25, -0.2) is 4.79 Å². The van der Waals surface area contributed by atoms with Crippen molar-refractivity contribution in [1.29, 1.82) is 0 Å². The van der Waals surface area contributed by atoms with Gasteiger partial charge in [0, 0.05) is 36.0 Å². The van der Waals surface area contributed by atoms with E-state index in [4.69, 9.17) is 4.74 Å². The van der Waals surface area contributed by atoms with E-state index in [2.05, 4.69) is 20.9 Å². The highest BCUT2D eigenvalue weighted by Gasteiger charge is 2.49. The minimum absolute atomic E-state index is 0.107. The molecule has 4 fully saturated rings. The van der Waals surface area contributed by atoms with E-state index in [0.29, 0.717) is 18.3 Å². The Morgan fingerprint density at radius 3 is 2.16 bits per heavy atom. The number of H-pyrrole nitrogens is 1. The van der Waals surface area contributed by atoms with Crippen molar-refractivity contribution in [1.82, 2.24) is 20.9 Å². The van der Waals surface area contributed by atoms with Crippen LogP contribution < -0.4 is 16.0 Å². The average Bonchev–Trinajstić information content (AvgIpc) is 3.36. The molecule has 4 saturated carbocycles. The molecule has 4 bridgehead atoms. The Morgan fingerprint density at radius 2 is 1.50 bits per heavy atom. The van der Waals surface area contributed by atoms with Gasteiger partial charge in [0.1, 0.15) is 23.4 Å². The molecule has 2 aromatic carbocycles. The maximum Gasteiger partial charge on any atom is 0.408 e. The van der Waals surface area contributed by atoms with Crippen LogP contribution in [0.15, 0.2) is 54.7 Å². The number of nitrogens with one attached hydrogen (secondary N) is 4. The second-order valence-corrected chi connectivity index (χ2v) is 14.2. The lowest BCUT2D eigenvalue weighted by Gasteiger charge is -2.54. The molecule has 0 saturated heterocycles. The number of phenols is 1. The van der Waals surface area contributed by atoms with Gasteiger partial charge < -0.3 is 30.8 Å². The van der Waals surface area contributed by atoms with Gasteiger partial charge in [-0.3, -0.25) is 9.59 Å². The Bertz CT molecular complexity index is 1480. The van der Waals surface area contributed by atoms with Crippen molar-refractivity contribution in [2.24, 2.45) is 23.7 Å². The van der Waals surface area contributed by atoms with Crippen LogP contribution in [0.5, 0.6) is 5.75 Å². The van der Waals surface area contributed by atoms with Crippen molar-refractivity contribution in [2.45, 2.75) is 89.4 Å². The summed E-state index contributed by atoms with van der Waals surface area (Å²) >= 11 is 0. The molecule has 44 heavy (non-hydrogen) atoms. The number of fused-ring (bicyclic) bond motifs is 1. The van der Waals surface area contributed by atoms with E-state index < -0.39 is 29.7 Å². The number of carbonyl (C=O) groups excluding carboxylic acids is 3. The number of aromatic amines is 1. The number of benzene rings is 2. The van der Waals surface area contributed by atoms with Gasteiger partial charge in [0.05, 0.1) is 0 Å². The molecule has 234 valence electrons. The van der Waals surface area contributed by atoms with Crippen LogP contribution >= 0.6 is 0 Å². The van der Waals surface area contributed by atoms with Gasteiger partial charge in [-0.15, -0.1) is 0 Å². The first-order valence-electron chi connectivity index (χ1n) is 15.9. The minimum atomic E-state index is -1.01. The van der Waals surface area contributed by atoms with Crippen molar-refractivity contribution >= 4 is 28.8 Å². The molecule has 9 heteroatoms. The molecule has 0 radical (unpaired) electrons. The number of aromatic hydroxyl groups is 1. The largest absolute Gasteiger partial charge is 0.508 e. The Hall–Kier alpha value is -4.01. The maximum atomic E-state index is 14.1. The number of phenolic OH excluding ortho intramolecular Hbond substituents is 1. The van der Waals surface area contributed by atoms with E-state index in [0.717, 1.165) is 33.9 Å². The topological polar surface area (TPSA) is 133 Å². The molecule has 0 aliphatic heterocycles. The first-order chi connectivity index (χ1) is 21.0. The summed E-state index contributed by atoms with van der Waals surface area (Å²) in [5.74, 6) is 2.00. The Balaban J connectivity index is 1.24. The summed E-state index contributed by atoms with van der Waals surface area (Å²) in [6.45, 7) is 5.27. The summed E-state index contributed by atoms with van der Waals surface area (Å²) in [7, 11) is 0. The summed E-state index contributed by atoms with van der Waals surface area (Å²) in [6, 6.07) is 12.7. The normalized spacial score (nSPS) is 25.3. The fourth-order valence-electron chi connectivity index (χ4n) is 7.95. The molecule has 1 heterocycles. The first-order valence-corrected chi connectivity index (χ1v) is 15.9. The molecule has 0 spiro atoms. The van der Waals surface area contributed by atoms with Gasteiger partial charge >= 0.3 is 6.09 Å². The van der Waals surface area contributed by atoms with Gasteiger partial charge in [0.2, 0.25) is 11.8 Å². The second kappa shape index (κ2) is 12.2. The average molecular weight is 601 g/mol. The SMILES string of the molecule is CC(C)(C)OC(=O)N[C@@H](Cc1ccc(O)cc1)C(=O)N[C@H](Cc1c[nH]c2ccccc12)C(=O)NC1C2CC3CC(C2)CC1C3. The van der Waals surface area contributed by atoms with E-state index in [-0.39, 0.29) is 24.1 Å². The number of amides is 3. The fraction of sp³-hybridized carbons (Fsp3) is 0.514. The van der Waals surface area contributed by atoms with Crippen LogP contribution in [0.4, 0.5) is 4.79 Å². The van der Waals surface area contributed by atoms with E-state index >= 15 is 0 Å². The number of ether oxygens (including phenoxy) is 1. The van der Waals surface area contributed by atoms with Crippen LogP contribution in [0.2, 0.25) is 0 Å². The Labute approximate surface area is 258 Å². The number of carbonyl (C=O) groups is 3. The zero-order valence-electron chi connectivity index (χ0n) is 25.8. The predicted octanol–water partition coefficient (Wildman–Crippen LogP) is 4.98. The molecule has 2 atom stereocenters. The van der Waals surface area contributed by atoms with Crippen molar-refractivity contribution in [3.63, 3.8) is 0 Å². The highest BCUT2D eigenvalue weighted by atomic mass is 16.6. The van der Waals surface area contributed by atoms with E-state index in [1.807, 2.05) is 30.5 Å². The fourth-order valence-corrected chi connectivity index (χ4v) is 7.95. The van der Waals surface area contributed by atoms with Crippen LogP contribution in [-0.4, -0.2) is 51.7 Å². The smallest absolute Gasteiger partial charge is 0.408 e. The van der Waals surface area contributed by atoms with E-state index in [1.54, 1.807) is 32.9 Å². The third-order valence-electron chi connectivity index (χ3n) is 9.65. The number of hydrogen-bond donors (Lipinski definition) is 5. The summed E-state index contributed by atoms with van der Waals surface area (Å²) in [6.07, 6.45) is 7.65. The highest BCUT2D eigenvalue weighted by Crippen LogP contribution is 2.53. The quantitative estimate of drug-likeness (QED) is 0.236. The van der Waals surface area contributed by atoms with Crippen LogP contribution in [0.3, 0.4) is 0 Å². The molecule has 0 unspecified atom stereocenters. The van der Waals surface area contributed by atoms with E-state index in [1.165, 1.54) is 44.2 Å².